The van der Waals surface area contributed by atoms with Gasteiger partial charge in [0.25, 0.3) is 5.91 Å². The molecular weight excluding hydrogens is 372 g/mol. The van der Waals surface area contributed by atoms with Gasteiger partial charge >= 0.3 is 0 Å². The third-order valence-corrected chi connectivity index (χ3v) is 6.28. The molecule has 1 aliphatic rings. The Morgan fingerprint density at radius 2 is 1.81 bits per heavy atom. The van der Waals surface area contributed by atoms with E-state index in [0.717, 1.165) is 25.7 Å². The summed E-state index contributed by atoms with van der Waals surface area (Å²) in [6.07, 6.45) is 4.18. The highest BCUT2D eigenvalue weighted by molar-refractivity contribution is 7.89. The van der Waals surface area contributed by atoms with Crippen LogP contribution in [0.3, 0.4) is 0 Å². The number of carbonyl (C=O) groups is 1. The Morgan fingerprint density at radius 1 is 1.08 bits per heavy atom. The van der Waals surface area contributed by atoms with Crippen LogP contribution in [0.15, 0.2) is 53.4 Å². The van der Waals surface area contributed by atoms with Crippen molar-refractivity contribution in [2.45, 2.75) is 43.2 Å². The molecule has 0 heterocycles. The first-order chi connectivity index (χ1) is 12.5. The summed E-state index contributed by atoms with van der Waals surface area (Å²) in [5.74, 6) is -0.236. The van der Waals surface area contributed by atoms with Crippen molar-refractivity contribution in [1.82, 2.24) is 10.0 Å². The van der Waals surface area contributed by atoms with Crippen LogP contribution in [0.25, 0.3) is 0 Å². The summed E-state index contributed by atoms with van der Waals surface area (Å²) in [7, 11) is -3.75. The van der Waals surface area contributed by atoms with Gasteiger partial charge in [-0.1, -0.05) is 48.7 Å². The average molecular weight is 393 g/mol. The average Bonchev–Trinajstić information content (AvgIpc) is 3.14. The molecule has 3 rings (SSSR count). The maximum atomic E-state index is 12.6. The standard InChI is InChI=1S/C19H21ClN2O3S/c20-18-11-4-1-6-15(18)13-21-26(24,25)17-10-5-7-14(12-17)19(23)22-16-8-2-3-9-16/h1,4-7,10-12,16,21H,2-3,8-9,13H2,(H,22,23). The van der Waals surface area contributed by atoms with Crippen LogP contribution in [-0.4, -0.2) is 20.4 Å². The number of nitrogens with one attached hydrogen (secondary N) is 2. The Balaban J connectivity index is 1.71. The number of halogens is 1. The Bertz CT molecular complexity index is 893. The predicted molar refractivity (Wildman–Crippen MR) is 102 cm³/mol. The molecule has 1 amide bonds. The van der Waals surface area contributed by atoms with Crippen molar-refractivity contribution < 1.29 is 13.2 Å². The van der Waals surface area contributed by atoms with Crippen LogP contribution in [0.1, 0.15) is 41.6 Å². The van der Waals surface area contributed by atoms with E-state index in [2.05, 4.69) is 10.0 Å². The van der Waals surface area contributed by atoms with Gasteiger partial charge in [-0.15, -0.1) is 0 Å². The lowest BCUT2D eigenvalue weighted by atomic mass is 10.2. The minimum atomic E-state index is -3.75. The lowest BCUT2D eigenvalue weighted by Crippen LogP contribution is -2.32. The minimum absolute atomic E-state index is 0.0589. The van der Waals surface area contributed by atoms with Gasteiger partial charge in [-0.3, -0.25) is 4.79 Å². The molecule has 0 atom stereocenters. The lowest BCUT2D eigenvalue weighted by molar-refractivity contribution is 0.0937. The summed E-state index contributed by atoms with van der Waals surface area (Å²) >= 11 is 6.06. The fraction of sp³-hybridized carbons (Fsp3) is 0.316. The van der Waals surface area contributed by atoms with Gasteiger partial charge in [0.15, 0.2) is 0 Å². The number of rotatable bonds is 6. The number of benzene rings is 2. The van der Waals surface area contributed by atoms with E-state index < -0.39 is 10.0 Å². The molecule has 7 heteroatoms. The maximum absolute atomic E-state index is 12.6. The molecule has 0 spiro atoms. The minimum Gasteiger partial charge on any atom is -0.349 e. The van der Waals surface area contributed by atoms with Crippen molar-refractivity contribution in [3.63, 3.8) is 0 Å². The smallest absolute Gasteiger partial charge is 0.251 e. The number of hydrogen-bond acceptors (Lipinski definition) is 3. The van der Waals surface area contributed by atoms with Gasteiger partial charge in [-0.05, 0) is 42.7 Å². The second-order valence-corrected chi connectivity index (χ2v) is 8.57. The van der Waals surface area contributed by atoms with Crippen LogP contribution in [0.4, 0.5) is 0 Å². The van der Waals surface area contributed by atoms with E-state index in [0.29, 0.717) is 16.1 Å². The van der Waals surface area contributed by atoms with Gasteiger partial charge in [0.05, 0.1) is 4.90 Å². The van der Waals surface area contributed by atoms with Crippen molar-refractivity contribution in [3.05, 3.63) is 64.7 Å². The molecule has 0 radical (unpaired) electrons. The summed E-state index contributed by atoms with van der Waals surface area (Å²) < 4.78 is 27.6. The summed E-state index contributed by atoms with van der Waals surface area (Å²) in [5.41, 5.74) is 1.03. The SMILES string of the molecule is O=C(NC1CCCC1)c1cccc(S(=O)(=O)NCc2ccccc2Cl)c1. The molecule has 0 aromatic heterocycles. The van der Waals surface area contributed by atoms with Gasteiger partial charge in [-0.2, -0.15) is 0 Å². The monoisotopic (exact) mass is 392 g/mol. The molecule has 0 aliphatic heterocycles. The van der Waals surface area contributed by atoms with E-state index in [-0.39, 0.29) is 23.4 Å². The first-order valence-corrected chi connectivity index (χ1v) is 10.5. The van der Waals surface area contributed by atoms with Crippen LogP contribution >= 0.6 is 11.6 Å². The number of sulfonamides is 1. The Labute approximate surface area is 158 Å². The van der Waals surface area contributed by atoms with Gasteiger partial charge in [-0.25, -0.2) is 13.1 Å². The summed E-state index contributed by atoms with van der Waals surface area (Å²) in [4.78, 5) is 12.4. The maximum Gasteiger partial charge on any atom is 0.251 e. The van der Waals surface area contributed by atoms with E-state index >= 15 is 0 Å². The Kier molecular flexibility index (Phi) is 5.96. The molecule has 5 nitrogen and oxygen atoms in total. The number of hydrogen-bond donors (Lipinski definition) is 2. The normalized spacial score (nSPS) is 15.1. The zero-order valence-corrected chi connectivity index (χ0v) is 15.8. The third-order valence-electron chi connectivity index (χ3n) is 4.51. The highest BCUT2D eigenvalue weighted by atomic mass is 35.5. The fourth-order valence-electron chi connectivity index (χ4n) is 3.04. The molecule has 0 saturated heterocycles. The summed E-state index contributed by atoms with van der Waals surface area (Å²) in [5, 5.41) is 3.47. The fourth-order valence-corrected chi connectivity index (χ4v) is 4.30. The quantitative estimate of drug-likeness (QED) is 0.790. The molecule has 1 fully saturated rings. The first-order valence-electron chi connectivity index (χ1n) is 8.60. The largest absolute Gasteiger partial charge is 0.349 e. The summed E-state index contributed by atoms with van der Waals surface area (Å²) in [6, 6.07) is 13.3. The predicted octanol–water partition coefficient (Wildman–Crippen LogP) is 3.49. The van der Waals surface area contributed by atoms with E-state index in [1.807, 2.05) is 0 Å². The van der Waals surface area contributed by atoms with Crippen LogP contribution in [0.5, 0.6) is 0 Å². The highest BCUT2D eigenvalue weighted by Crippen LogP contribution is 2.19. The highest BCUT2D eigenvalue weighted by Gasteiger charge is 2.20. The molecule has 2 aromatic rings. The van der Waals surface area contributed by atoms with E-state index in [9.17, 15) is 13.2 Å². The zero-order chi connectivity index (χ0) is 18.6. The summed E-state index contributed by atoms with van der Waals surface area (Å²) in [6.45, 7) is 0.0838. The van der Waals surface area contributed by atoms with E-state index in [4.69, 9.17) is 11.6 Å². The second-order valence-electron chi connectivity index (χ2n) is 6.40. The van der Waals surface area contributed by atoms with Crippen molar-refractivity contribution >= 4 is 27.5 Å². The van der Waals surface area contributed by atoms with Crippen molar-refractivity contribution in [2.24, 2.45) is 0 Å². The van der Waals surface area contributed by atoms with Crippen LogP contribution < -0.4 is 10.0 Å². The third kappa shape index (κ3) is 4.63. The number of amides is 1. The Morgan fingerprint density at radius 3 is 2.54 bits per heavy atom. The Hall–Kier alpha value is -1.89. The molecule has 2 aromatic carbocycles. The lowest BCUT2D eigenvalue weighted by Gasteiger charge is -2.13. The molecular formula is C19H21ClN2O3S. The molecule has 26 heavy (non-hydrogen) atoms. The molecule has 1 saturated carbocycles. The second kappa shape index (κ2) is 8.20. The molecule has 1 aliphatic carbocycles. The molecule has 2 N–H and O–H groups in total. The number of carbonyl (C=O) groups excluding carboxylic acids is 1. The van der Waals surface area contributed by atoms with Gasteiger partial charge in [0, 0.05) is 23.2 Å². The van der Waals surface area contributed by atoms with Gasteiger partial charge < -0.3 is 5.32 Å². The van der Waals surface area contributed by atoms with Crippen molar-refractivity contribution in [3.8, 4) is 0 Å². The zero-order valence-electron chi connectivity index (χ0n) is 14.2. The van der Waals surface area contributed by atoms with Crippen LogP contribution in [-0.2, 0) is 16.6 Å². The van der Waals surface area contributed by atoms with Crippen molar-refractivity contribution in [2.75, 3.05) is 0 Å². The van der Waals surface area contributed by atoms with Gasteiger partial charge in [0.2, 0.25) is 10.0 Å². The van der Waals surface area contributed by atoms with Crippen molar-refractivity contribution in [1.29, 1.82) is 0 Å². The first kappa shape index (κ1) is 18.9. The van der Waals surface area contributed by atoms with Gasteiger partial charge in [0.1, 0.15) is 0 Å². The molecule has 0 bridgehead atoms. The molecule has 138 valence electrons. The van der Waals surface area contributed by atoms with Crippen LogP contribution in [0.2, 0.25) is 5.02 Å². The van der Waals surface area contributed by atoms with Crippen LogP contribution in [0, 0.1) is 0 Å². The van der Waals surface area contributed by atoms with E-state index in [1.165, 1.54) is 12.1 Å². The topological polar surface area (TPSA) is 75.3 Å². The molecule has 0 unspecified atom stereocenters. The van der Waals surface area contributed by atoms with E-state index in [1.54, 1.807) is 36.4 Å².